The summed E-state index contributed by atoms with van der Waals surface area (Å²) in [6.07, 6.45) is 0. The summed E-state index contributed by atoms with van der Waals surface area (Å²) in [5.41, 5.74) is 1.29. The molecule has 0 bridgehead atoms. The highest BCUT2D eigenvalue weighted by atomic mass is 16.5. The lowest BCUT2D eigenvalue weighted by molar-refractivity contribution is 0.0588. The first kappa shape index (κ1) is 15.2. The van der Waals surface area contributed by atoms with Crippen LogP contribution in [0.25, 0.3) is 0 Å². The zero-order chi connectivity index (χ0) is 15.5. The molecule has 0 atom stereocenters. The lowest BCUT2D eigenvalue weighted by Gasteiger charge is -2.43. The third kappa shape index (κ3) is 3.53. The van der Waals surface area contributed by atoms with Gasteiger partial charge in [-0.1, -0.05) is 26.0 Å². The lowest BCUT2D eigenvalue weighted by atomic mass is 10.1. The summed E-state index contributed by atoms with van der Waals surface area (Å²) in [5, 5.41) is 2.86. The van der Waals surface area contributed by atoms with Crippen molar-refractivity contribution in [2.75, 3.05) is 32.8 Å². The molecule has 120 valence electrons. The van der Waals surface area contributed by atoms with Gasteiger partial charge in [-0.3, -0.25) is 4.90 Å². The monoisotopic (exact) mass is 303 g/mol. The van der Waals surface area contributed by atoms with E-state index >= 15 is 0 Å². The molecule has 0 spiro atoms. The fraction of sp³-hybridized carbons (Fsp3) is 0.588. The number of hydrogen-bond acceptors (Lipinski definition) is 3. The first-order valence-corrected chi connectivity index (χ1v) is 8.10. The van der Waals surface area contributed by atoms with E-state index < -0.39 is 0 Å². The number of hydrogen-bond donors (Lipinski definition) is 1. The summed E-state index contributed by atoms with van der Waals surface area (Å²) in [6, 6.07) is 8.83. The quantitative estimate of drug-likeness (QED) is 0.873. The number of rotatable bonds is 6. The van der Waals surface area contributed by atoms with Gasteiger partial charge in [-0.2, -0.15) is 0 Å². The Labute approximate surface area is 132 Å². The van der Waals surface area contributed by atoms with Crippen molar-refractivity contribution in [2.45, 2.75) is 26.4 Å². The van der Waals surface area contributed by atoms with Crippen LogP contribution in [-0.2, 0) is 6.54 Å². The number of urea groups is 1. The van der Waals surface area contributed by atoms with Crippen molar-refractivity contribution in [3.05, 3.63) is 29.8 Å². The van der Waals surface area contributed by atoms with Gasteiger partial charge in [-0.15, -0.1) is 0 Å². The number of carbonyl (C=O) groups is 1. The molecular weight excluding hydrogens is 278 g/mol. The van der Waals surface area contributed by atoms with Gasteiger partial charge in [0.2, 0.25) is 0 Å². The van der Waals surface area contributed by atoms with E-state index in [1.807, 2.05) is 17.0 Å². The van der Waals surface area contributed by atoms with Gasteiger partial charge in [0, 0.05) is 32.7 Å². The zero-order valence-electron chi connectivity index (χ0n) is 13.4. The topological polar surface area (TPSA) is 44.8 Å². The number of nitrogens with zero attached hydrogens (tertiary/aromatic N) is 2. The van der Waals surface area contributed by atoms with E-state index in [9.17, 15) is 4.79 Å². The molecule has 1 aromatic carbocycles. The maximum absolute atomic E-state index is 11.6. The number of ether oxygens (including phenoxy) is 1. The van der Waals surface area contributed by atoms with Crippen LogP contribution in [0.1, 0.15) is 19.4 Å². The molecule has 3 rings (SSSR count). The fourth-order valence-electron chi connectivity index (χ4n) is 2.92. The maximum atomic E-state index is 11.6. The molecule has 2 aliphatic rings. The largest absolute Gasteiger partial charge is 0.493 e. The van der Waals surface area contributed by atoms with Gasteiger partial charge in [0.1, 0.15) is 5.75 Å². The van der Waals surface area contributed by atoms with Crippen molar-refractivity contribution in [3.8, 4) is 5.75 Å². The number of carbonyl (C=O) groups excluding carboxylic acids is 1. The molecule has 5 nitrogen and oxygen atoms in total. The molecule has 1 N–H and O–H groups in total. The highest BCUT2D eigenvalue weighted by molar-refractivity contribution is 5.76. The van der Waals surface area contributed by atoms with Crippen molar-refractivity contribution >= 4 is 6.03 Å². The molecule has 2 saturated heterocycles. The van der Waals surface area contributed by atoms with Gasteiger partial charge >= 0.3 is 6.03 Å². The van der Waals surface area contributed by atoms with E-state index in [1.54, 1.807) is 0 Å². The summed E-state index contributed by atoms with van der Waals surface area (Å²) < 4.78 is 5.70. The van der Waals surface area contributed by atoms with E-state index in [1.165, 1.54) is 5.56 Å². The lowest BCUT2D eigenvalue weighted by Crippen LogP contribution is -2.59. The van der Waals surface area contributed by atoms with Gasteiger partial charge in [-0.25, -0.2) is 4.79 Å². The average Bonchev–Trinajstić information content (AvgIpc) is 2.87. The molecule has 5 heteroatoms. The first-order chi connectivity index (χ1) is 10.6. The summed E-state index contributed by atoms with van der Waals surface area (Å²) in [4.78, 5) is 15.9. The van der Waals surface area contributed by atoms with Crippen LogP contribution in [-0.4, -0.2) is 54.7 Å². The van der Waals surface area contributed by atoms with Crippen LogP contribution in [0.5, 0.6) is 5.75 Å². The molecule has 0 radical (unpaired) electrons. The van der Waals surface area contributed by atoms with Gasteiger partial charge in [0.05, 0.1) is 12.6 Å². The van der Waals surface area contributed by atoms with E-state index in [4.69, 9.17) is 4.74 Å². The molecule has 2 aliphatic heterocycles. The van der Waals surface area contributed by atoms with E-state index in [2.05, 4.69) is 36.2 Å². The molecule has 2 amide bonds. The predicted octanol–water partition coefficient (Wildman–Crippen LogP) is 1.93. The highest BCUT2D eigenvalue weighted by Crippen LogP contribution is 2.21. The minimum Gasteiger partial charge on any atom is -0.493 e. The first-order valence-electron chi connectivity index (χ1n) is 8.10. The minimum absolute atomic E-state index is 0.0938. The van der Waals surface area contributed by atoms with Crippen LogP contribution in [0.4, 0.5) is 4.79 Å². The van der Waals surface area contributed by atoms with Crippen LogP contribution in [0.2, 0.25) is 0 Å². The van der Waals surface area contributed by atoms with Crippen LogP contribution >= 0.6 is 0 Å². The van der Waals surface area contributed by atoms with Crippen molar-refractivity contribution in [1.29, 1.82) is 0 Å². The molecule has 0 aromatic heterocycles. The summed E-state index contributed by atoms with van der Waals surface area (Å²) in [5.74, 6) is 1.48. The average molecular weight is 303 g/mol. The zero-order valence-corrected chi connectivity index (χ0v) is 13.4. The number of nitrogens with one attached hydrogen (secondary N) is 1. The highest BCUT2D eigenvalue weighted by Gasteiger charge is 2.36. The Bertz CT molecular complexity index is 509. The van der Waals surface area contributed by atoms with Crippen molar-refractivity contribution in [2.24, 2.45) is 5.92 Å². The Morgan fingerprint density at radius 2 is 2.00 bits per heavy atom. The Balaban J connectivity index is 1.44. The van der Waals surface area contributed by atoms with E-state index in [-0.39, 0.29) is 6.03 Å². The minimum atomic E-state index is 0.0938. The van der Waals surface area contributed by atoms with Crippen LogP contribution < -0.4 is 10.1 Å². The smallest absolute Gasteiger partial charge is 0.317 e. The molecule has 0 unspecified atom stereocenters. The van der Waals surface area contributed by atoms with E-state index in [0.29, 0.717) is 12.0 Å². The molecule has 2 fully saturated rings. The summed E-state index contributed by atoms with van der Waals surface area (Å²) in [6.45, 7) is 9.57. The van der Waals surface area contributed by atoms with Gasteiger partial charge in [0.15, 0.2) is 0 Å². The standard InChI is InChI=1S/C17H25N3O2/c1-13(2)12-22-16-5-3-14(4-6-16)9-19-10-15(11-19)20-8-7-18-17(20)21/h3-6,13,15H,7-12H2,1-2H3,(H,18,21). The molecular formula is C17H25N3O2. The van der Waals surface area contributed by atoms with Crippen LogP contribution in [0.3, 0.4) is 0 Å². The van der Waals surface area contributed by atoms with Crippen LogP contribution in [0.15, 0.2) is 24.3 Å². The third-order valence-electron chi connectivity index (χ3n) is 4.18. The number of benzene rings is 1. The number of likely N-dealkylation sites (tertiary alicyclic amines) is 1. The normalized spacial score (nSPS) is 19.4. The fourth-order valence-corrected chi connectivity index (χ4v) is 2.92. The summed E-state index contributed by atoms with van der Waals surface area (Å²) >= 11 is 0. The Morgan fingerprint density at radius 1 is 1.27 bits per heavy atom. The predicted molar refractivity (Wildman–Crippen MR) is 85.9 cm³/mol. The second-order valence-corrected chi connectivity index (χ2v) is 6.62. The van der Waals surface area contributed by atoms with E-state index in [0.717, 1.165) is 45.1 Å². The second-order valence-electron chi connectivity index (χ2n) is 6.62. The molecule has 0 aliphatic carbocycles. The van der Waals surface area contributed by atoms with Gasteiger partial charge in [-0.05, 0) is 23.6 Å². The second kappa shape index (κ2) is 6.57. The van der Waals surface area contributed by atoms with Gasteiger partial charge < -0.3 is 15.0 Å². The van der Waals surface area contributed by atoms with Crippen molar-refractivity contribution in [3.63, 3.8) is 0 Å². The summed E-state index contributed by atoms with van der Waals surface area (Å²) in [7, 11) is 0. The Hall–Kier alpha value is -1.75. The Kier molecular flexibility index (Phi) is 4.52. The molecule has 2 heterocycles. The van der Waals surface area contributed by atoms with Gasteiger partial charge in [0.25, 0.3) is 0 Å². The third-order valence-corrected chi connectivity index (χ3v) is 4.18. The maximum Gasteiger partial charge on any atom is 0.317 e. The van der Waals surface area contributed by atoms with Crippen molar-refractivity contribution in [1.82, 2.24) is 15.1 Å². The van der Waals surface area contributed by atoms with Crippen molar-refractivity contribution < 1.29 is 9.53 Å². The Morgan fingerprint density at radius 3 is 2.59 bits per heavy atom. The molecule has 0 saturated carbocycles. The number of amides is 2. The molecule has 22 heavy (non-hydrogen) atoms. The SMILES string of the molecule is CC(C)COc1ccc(CN2CC(N3CCNC3=O)C2)cc1. The molecule has 1 aromatic rings. The van der Waals surface area contributed by atoms with Crippen LogP contribution in [0, 0.1) is 5.92 Å².